The molecule has 0 unspecified atom stereocenters. The maximum absolute atomic E-state index is 13.4. The quantitative estimate of drug-likeness (QED) is 0.872. The molecule has 3 rings (SSSR count). The number of fused-ring (bicyclic) bond motifs is 1. The summed E-state index contributed by atoms with van der Waals surface area (Å²) < 4.78 is 46.0. The summed E-state index contributed by atoms with van der Waals surface area (Å²) in [5.41, 5.74) is 0.689. The van der Waals surface area contributed by atoms with E-state index < -0.39 is 11.7 Å². The fourth-order valence-electron chi connectivity index (χ4n) is 3.05. The van der Waals surface area contributed by atoms with Crippen molar-refractivity contribution < 1.29 is 22.7 Å². The Morgan fingerprint density at radius 2 is 1.85 bits per heavy atom. The molecule has 1 aliphatic rings. The highest BCUT2D eigenvalue weighted by Gasteiger charge is 2.35. The van der Waals surface area contributed by atoms with Crippen molar-refractivity contribution in [1.29, 1.82) is 0 Å². The minimum absolute atomic E-state index is 0.0767. The first-order valence-electron chi connectivity index (χ1n) is 8.50. The van der Waals surface area contributed by atoms with E-state index in [1.165, 1.54) is 12.1 Å². The summed E-state index contributed by atoms with van der Waals surface area (Å²) in [4.78, 5) is 11.7. The normalized spacial score (nSPS) is 16.3. The number of rotatable bonds is 4. The first-order valence-corrected chi connectivity index (χ1v) is 8.50. The minimum atomic E-state index is -4.44. The number of nitrogens with one attached hydrogen (secondary N) is 1. The van der Waals surface area contributed by atoms with Crippen LogP contribution in [0.5, 0.6) is 5.75 Å². The van der Waals surface area contributed by atoms with Crippen molar-refractivity contribution >= 4 is 5.91 Å². The van der Waals surface area contributed by atoms with Gasteiger partial charge in [-0.1, -0.05) is 50.2 Å². The van der Waals surface area contributed by atoms with E-state index in [0.717, 1.165) is 11.6 Å². The van der Waals surface area contributed by atoms with Gasteiger partial charge < -0.3 is 10.1 Å². The highest BCUT2D eigenvalue weighted by Crippen LogP contribution is 2.43. The average Bonchev–Trinajstić information content (AvgIpc) is 3.01. The molecule has 6 heteroatoms. The second-order valence-corrected chi connectivity index (χ2v) is 6.68. The number of benzene rings is 2. The van der Waals surface area contributed by atoms with Gasteiger partial charge >= 0.3 is 6.18 Å². The zero-order valence-corrected chi connectivity index (χ0v) is 14.6. The Hall–Kier alpha value is -2.50. The van der Waals surface area contributed by atoms with Crippen LogP contribution in [-0.4, -0.2) is 18.6 Å². The summed E-state index contributed by atoms with van der Waals surface area (Å²) in [5, 5.41) is 2.81. The van der Waals surface area contributed by atoms with Crippen molar-refractivity contribution in [1.82, 2.24) is 5.32 Å². The maximum Gasteiger partial charge on any atom is 0.417 e. The molecule has 2 aromatic carbocycles. The number of alkyl halides is 3. The number of ether oxygens (including phenoxy) is 1. The van der Waals surface area contributed by atoms with E-state index in [9.17, 15) is 18.0 Å². The summed E-state index contributed by atoms with van der Waals surface area (Å²) in [7, 11) is 0. The number of carbonyl (C=O) groups excluding carboxylic acids is 1. The lowest BCUT2D eigenvalue weighted by Gasteiger charge is -2.17. The van der Waals surface area contributed by atoms with Gasteiger partial charge in [0.15, 0.2) is 0 Å². The lowest BCUT2D eigenvalue weighted by atomic mass is 9.96. The van der Waals surface area contributed by atoms with E-state index in [4.69, 9.17) is 4.74 Å². The number of para-hydroxylation sites is 1. The zero-order chi connectivity index (χ0) is 18.9. The van der Waals surface area contributed by atoms with Crippen LogP contribution in [0.2, 0.25) is 0 Å². The standard InChI is InChI=1S/C20H20F3NO2/c1-12(2)19(25)24-11-14-10-13-6-5-8-16(18(13)26-14)15-7-3-4-9-17(15)20(21,22)23/h3-9,12,14H,10-11H2,1-2H3,(H,24,25)/t14-/m1/s1. The van der Waals surface area contributed by atoms with E-state index in [1.54, 1.807) is 32.0 Å². The average molecular weight is 363 g/mol. The Kier molecular flexibility index (Phi) is 4.94. The Balaban J connectivity index is 1.88. The van der Waals surface area contributed by atoms with Crippen molar-refractivity contribution in [2.75, 3.05) is 6.54 Å². The molecule has 2 aromatic rings. The first kappa shape index (κ1) is 18.3. The van der Waals surface area contributed by atoms with Gasteiger partial charge in [0, 0.05) is 17.9 Å². The fourth-order valence-corrected chi connectivity index (χ4v) is 3.05. The Labute approximate surface area is 150 Å². The molecule has 26 heavy (non-hydrogen) atoms. The summed E-state index contributed by atoms with van der Waals surface area (Å²) in [6, 6.07) is 10.7. The van der Waals surface area contributed by atoms with E-state index in [2.05, 4.69) is 5.32 Å². The number of hydrogen-bond acceptors (Lipinski definition) is 2. The third-order valence-corrected chi connectivity index (χ3v) is 4.38. The molecular formula is C20H20F3NO2. The second-order valence-electron chi connectivity index (χ2n) is 6.68. The van der Waals surface area contributed by atoms with Crippen LogP contribution in [0.25, 0.3) is 11.1 Å². The van der Waals surface area contributed by atoms with Crippen molar-refractivity contribution in [3.05, 3.63) is 53.6 Å². The molecule has 0 saturated heterocycles. The predicted molar refractivity (Wildman–Crippen MR) is 92.8 cm³/mol. The van der Waals surface area contributed by atoms with Crippen molar-refractivity contribution in [3.63, 3.8) is 0 Å². The van der Waals surface area contributed by atoms with E-state index in [0.29, 0.717) is 24.3 Å². The van der Waals surface area contributed by atoms with Crippen molar-refractivity contribution in [2.45, 2.75) is 32.5 Å². The topological polar surface area (TPSA) is 38.3 Å². The highest BCUT2D eigenvalue weighted by molar-refractivity contribution is 5.78. The van der Waals surface area contributed by atoms with Crippen molar-refractivity contribution in [3.8, 4) is 16.9 Å². The van der Waals surface area contributed by atoms with Crippen LogP contribution in [-0.2, 0) is 17.4 Å². The largest absolute Gasteiger partial charge is 0.487 e. The van der Waals surface area contributed by atoms with Crippen LogP contribution >= 0.6 is 0 Å². The Bertz CT molecular complexity index is 815. The lowest BCUT2D eigenvalue weighted by molar-refractivity contribution is -0.137. The summed E-state index contributed by atoms with van der Waals surface area (Å²) in [5.74, 6) is 0.258. The second kappa shape index (κ2) is 7.02. The molecule has 0 radical (unpaired) electrons. The molecule has 0 bridgehead atoms. The molecule has 1 N–H and O–H groups in total. The Morgan fingerprint density at radius 3 is 2.54 bits per heavy atom. The van der Waals surface area contributed by atoms with Gasteiger partial charge in [-0.2, -0.15) is 13.2 Å². The smallest absolute Gasteiger partial charge is 0.417 e. The third-order valence-electron chi connectivity index (χ3n) is 4.38. The molecule has 0 aliphatic carbocycles. The van der Waals surface area contributed by atoms with Crippen molar-refractivity contribution in [2.24, 2.45) is 5.92 Å². The maximum atomic E-state index is 13.4. The molecular weight excluding hydrogens is 343 g/mol. The van der Waals surface area contributed by atoms with Gasteiger partial charge in [0.1, 0.15) is 11.9 Å². The van der Waals surface area contributed by atoms with E-state index >= 15 is 0 Å². The first-order chi connectivity index (χ1) is 12.3. The van der Waals surface area contributed by atoms with Crippen LogP contribution < -0.4 is 10.1 Å². The highest BCUT2D eigenvalue weighted by atomic mass is 19.4. The summed E-state index contributed by atoms with van der Waals surface area (Å²) in [6.07, 6.45) is -4.18. The SMILES string of the molecule is CC(C)C(=O)NC[C@H]1Cc2cccc(-c3ccccc3C(F)(F)F)c2O1. The van der Waals surface area contributed by atoms with Gasteiger partial charge in [0.05, 0.1) is 12.1 Å². The van der Waals surface area contributed by atoms with Crippen LogP contribution in [0.3, 0.4) is 0 Å². The lowest BCUT2D eigenvalue weighted by Crippen LogP contribution is -2.36. The van der Waals surface area contributed by atoms with Gasteiger partial charge in [-0.15, -0.1) is 0 Å². The molecule has 0 saturated carbocycles. The zero-order valence-electron chi connectivity index (χ0n) is 14.6. The van der Waals surface area contributed by atoms with Gasteiger partial charge in [-0.05, 0) is 17.2 Å². The minimum Gasteiger partial charge on any atom is -0.487 e. The molecule has 0 fully saturated rings. The van der Waals surface area contributed by atoms with Gasteiger partial charge in [0.2, 0.25) is 5.91 Å². The van der Waals surface area contributed by atoms with E-state index in [1.807, 2.05) is 6.07 Å². The third kappa shape index (κ3) is 3.69. The molecule has 1 heterocycles. The molecule has 1 atom stereocenters. The molecule has 138 valence electrons. The number of halogens is 3. The number of hydrogen-bond donors (Lipinski definition) is 1. The monoisotopic (exact) mass is 363 g/mol. The number of amides is 1. The van der Waals surface area contributed by atoms with Crippen LogP contribution in [0.4, 0.5) is 13.2 Å². The fraction of sp³-hybridized carbons (Fsp3) is 0.350. The van der Waals surface area contributed by atoms with Crippen LogP contribution in [0.15, 0.2) is 42.5 Å². The number of carbonyl (C=O) groups is 1. The van der Waals surface area contributed by atoms with Crippen LogP contribution in [0.1, 0.15) is 25.0 Å². The molecule has 0 aromatic heterocycles. The Morgan fingerprint density at radius 1 is 1.15 bits per heavy atom. The van der Waals surface area contributed by atoms with Gasteiger partial charge in [-0.3, -0.25) is 4.79 Å². The van der Waals surface area contributed by atoms with Gasteiger partial charge in [0.25, 0.3) is 0 Å². The molecule has 3 nitrogen and oxygen atoms in total. The molecule has 1 aliphatic heterocycles. The van der Waals surface area contributed by atoms with Crippen LogP contribution in [0, 0.1) is 5.92 Å². The summed E-state index contributed by atoms with van der Waals surface area (Å²) in [6.45, 7) is 3.92. The van der Waals surface area contributed by atoms with Gasteiger partial charge in [-0.25, -0.2) is 0 Å². The molecule has 1 amide bonds. The summed E-state index contributed by atoms with van der Waals surface area (Å²) >= 11 is 0. The molecule has 0 spiro atoms. The van der Waals surface area contributed by atoms with E-state index in [-0.39, 0.29) is 23.5 Å². The predicted octanol–water partition coefficient (Wildman–Crippen LogP) is 4.45.